The Hall–Kier alpha value is -1.66. The highest BCUT2D eigenvalue weighted by molar-refractivity contribution is 5.62. The van der Waals surface area contributed by atoms with Crippen LogP contribution in [0.2, 0.25) is 0 Å². The van der Waals surface area contributed by atoms with Gasteiger partial charge >= 0.3 is 6.16 Å². The topological polar surface area (TPSA) is 60.9 Å². The average molecular weight is 322 g/mol. The van der Waals surface area contributed by atoms with E-state index in [0.717, 1.165) is 64.1 Å². The van der Waals surface area contributed by atoms with Crippen LogP contribution in [-0.4, -0.2) is 55.5 Å². The summed E-state index contributed by atoms with van der Waals surface area (Å²) in [7, 11) is 0. The zero-order valence-electron chi connectivity index (χ0n) is 13.8. The van der Waals surface area contributed by atoms with Gasteiger partial charge in [0.1, 0.15) is 0 Å². The van der Waals surface area contributed by atoms with E-state index in [-0.39, 0.29) is 5.88 Å². The lowest BCUT2D eigenvalue weighted by atomic mass is 10.2. The van der Waals surface area contributed by atoms with Crippen molar-refractivity contribution in [1.29, 1.82) is 0 Å². The predicted molar refractivity (Wildman–Crippen MR) is 86.7 cm³/mol. The molecule has 1 fully saturated rings. The normalized spacial score (nSPS) is 15.3. The molecule has 0 aliphatic carbocycles. The Morgan fingerprint density at radius 3 is 2.78 bits per heavy atom. The third-order valence-electron chi connectivity index (χ3n) is 3.84. The minimum atomic E-state index is -0.685. The molecule has 0 amide bonds. The first kappa shape index (κ1) is 17.7. The highest BCUT2D eigenvalue weighted by Gasteiger charge is 2.10. The van der Waals surface area contributed by atoms with Gasteiger partial charge in [0.25, 0.3) is 0 Å². The van der Waals surface area contributed by atoms with E-state index in [1.807, 2.05) is 13.0 Å². The molecule has 23 heavy (non-hydrogen) atoms. The number of nitrogens with zero attached hydrogens (tertiary/aromatic N) is 2. The smallest absolute Gasteiger partial charge is 0.434 e. The van der Waals surface area contributed by atoms with Crippen molar-refractivity contribution >= 4 is 6.16 Å². The molecule has 0 aromatic carbocycles. The van der Waals surface area contributed by atoms with Crippen LogP contribution in [0.25, 0.3) is 0 Å². The number of carbonyl (C=O) groups is 1. The van der Waals surface area contributed by atoms with Crippen LogP contribution in [0.1, 0.15) is 31.7 Å². The van der Waals surface area contributed by atoms with Gasteiger partial charge in [0.05, 0.1) is 19.8 Å². The van der Waals surface area contributed by atoms with Crippen molar-refractivity contribution in [2.75, 3.05) is 39.5 Å². The fraction of sp³-hybridized carbons (Fsp3) is 0.647. The maximum atomic E-state index is 11.5. The van der Waals surface area contributed by atoms with Gasteiger partial charge in [0.15, 0.2) is 0 Å². The lowest BCUT2D eigenvalue weighted by Gasteiger charge is -2.26. The summed E-state index contributed by atoms with van der Waals surface area (Å²) in [6.07, 6.45) is 4.92. The van der Waals surface area contributed by atoms with Gasteiger partial charge in [-0.1, -0.05) is 13.0 Å². The summed E-state index contributed by atoms with van der Waals surface area (Å²) >= 11 is 0. The predicted octanol–water partition coefficient (Wildman–Crippen LogP) is 2.66. The summed E-state index contributed by atoms with van der Waals surface area (Å²) in [6, 6.07) is 3.57. The number of unbranched alkanes of at least 4 members (excludes halogenated alkanes) is 2. The molecule has 0 unspecified atom stereocenters. The number of rotatable bonds is 8. The van der Waals surface area contributed by atoms with Crippen molar-refractivity contribution in [3.05, 3.63) is 23.9 Å². The Bertz CT molecular complexity index is 458. The lowest BCUT2D eigenvalue weighted by Crippen LogP contribution is -2.36. The minimum Gasteiger partial charge on any atom is -0.434 e. The number of pyridine rings is 1. The van der Waals surface area contributed by atoms with E-state index in [0.29, 0.717) is 6.61 Å². The van der Waals surface area contributed by atoms with Crippen LogP contribution in [0, 0.1) is 0 Å². The monoisotopic (exact) mass is 322 g/mol. The molecule has 2 heterocycles. The number of carbonyl (C=O) groups excluding carboxylic acids is 1. The molecule has 0 radical (unpaired) electrons. The van der Waals surface area contributed by atoms with Crippen molar-refractivity contribution in [2.24, 2.45) is 0 Å². The molecule has 0 saturated carbocycles. The standard InChI is InChI=1S/C17H26N2O4/c1-2-15-6-7-16(18-14-15)23-17(20)22-11-5-3-4-8-19-9-12-21-13-10-19/h6-7,14H,2-5,8-13H2,1H3. The largest absolute Gasteiger partial charge is 0.515 e. The third kappa shape index (κ3) is 6.97. The summed E-state index contributed by atoms with van der Waals surface area (Å²) < 4.78 is 15.4. The number of hydrogen-bond donors (Lipinski definition) is 0. The number of morpholine rings is 1. The van der Waals surface area contributed by atoms with Crippen LogP contribution in [0.4, 0.5) is 4.79 Å². The number of hydrogen-bond acceptors (Lipinski definition) is 6. The van der Waals surface area contributed by atoms with Crippen molar-refractivity contribution in [1.82, 2.24) is 9.88 Å². The second kappa shape index (κ2) is 10.2. The van der Waals surface area contributed by atoms with E-state index in [1.54, 1.807) is 12.3 Å². The average Bonchev–Trinajstić information content (AvgIpc) is 2.59. The molecule has 1 aromatic rings. The second-order valence-electron chi connectivity index (χ2n) is 5.57. The van der Waals surface area contributed by atoms with Crippen LogP contribution < -0.4 is 4.74 Å². The Morgan fingerprint density at radius 1 is 1.26 bits per heavy atom. The Balaban J connectivity index is 1.50. The zero-order chi connectivity index (χ0) is 16.3. The quantitative estimate of drug-likeness (QED) is 0.542. The van der Waals surface area contributed by atoms with E-state index >= 15 is 0 Å². The first-order valence-electron chi connectivity index (χ1n) is 8.37. The van der Waals surface area contributed by atoms with Gasteiger partial charge in [0.2, 0.25) is 5.88 Å². The van der Waals surface area contributed by atoms with Gasteiger partial charge in [-0.3, -0.25) is 4.90 Å². The summed E-state index contributed by atoms with van der Waals surface area (Å²) in [5.41, 5.74) is 1.10. The van der Waals surface area contributed by atoms with Crippen molar-refractivity contribution in [3.63, 3.8) is 0 Å². The molecule has 128 valence electrons. The summed E-state index contributed by atoms with van der Waals surface area (Å²) in [5, 5.41) is 0. The highest BCUT2D eigenvalue weighted by atomic mass is 16.7. The van der Waals surface area contributed by atoms with Gasteiger partial charge in [-0.15, -0.1) is 0 Å². The fourth-order valence-electron chi connectivity index (χ4n) is 2.39. The maximum absolute atomic E-state index is 11.5. The summed E-state index contributed by atoms with van der Waals surface area (Å²) in [6.45, 7) is 7.23. The highest BCUT2D eigenvalue weighted by Crippen LogP contribution is 2.09. The van der Waals surface area contributed by atoms with Crippen LogP contribution in [0.3, 0.4) is 0 Å². The van der Waals surface area contributed by atoms with Crippen molar-refractivity contribution in [2.45, 2.75) is 32.6 Å². The molecular formula is C17H26N2O4. The SMILES string of the molecule is CCc1ccc(OC(=O)OCCCCCN2CCOCC2)nc1. The minimum absolute atomic E-state index is 0.277. The lowest BCUT2D eigenvalue weighted by molar-refractivity contribution is 0.0368. The summed E-state index contributed by atoms with van der Waals surface area (Å²) in [5.74, 6) is 0.277. The Labute approximate surface area is 137 Å². The molecule has 0 bridgehead atoms. The van der Waals surface area contributed by atoms with E-state index in [4.69, 9.17) is 14.2 Å². The molecular weight excluding hydrogens is 296 g/mol. The molecule has 2 rings (SSSR count). The van der Waals surface area contributed by atoms with Crippen LogP contribution >= 0.6 is 0 Å². The first-order valence-corrected chi connectivity index (χ1v) is 8.37. The van der Waals surface area contributed by atoms with E-state index < -0.39 is 6.16 Å². The van der Waals surface area contributed by atoms with Gasteiger partial charge < -0.3 is 14.2 Å². The molecule has 1 aliphatic heterocycles. The fourth-order valence-corrected chi connectivity index (χ4v) is 2.39. The second-order valence-corrected chi connectivity index (χ2v) is 5.57. The Kier molecular flexibility index (Phi) is 7.83. The molecule has 1 aromatic heterocycles. The van der Waals surface area contributed by atoms with E-state index in [9.17, 15) is 4.79 Å². The molecule has 6 nitrogen and oxygen atoms in total. The van der Waals surface area contributed by atoms with Crippen molar-refractivity contribution < 1.29 is 19.0 Å². The van der Waals surface area contributed by atoms with Gasteiger partial charge in [-0.2, -0.15) is 0 Å². The van der Waals surface area contributed by atoms with Gasteiger partial charge in [0, 0.05) is 25.4 Å². The summed E-state index contributed by atoms with van der Waals surface area (Å²) in [4.78, 5) is 18.0. The van der Waals surface area contributed by atoms with Crippen molar-refractivity contribution in [3.8, 4) is 5.88 Å². The third-order valence-corrected chi connectivity index (χ3v) is 3.84. The first-order chi connectivity index (χ1) is 11.3. The molecule has 1 aliphatic rings. The molecule has 0 spiro atoms. The molecule has 0 N–H and O–H groups in total. The number of aromatic nitrogens is 1. The van der Waals surface area contributed by atoms with Crippen LogP contribution in [-0.2, 0) is 15.9 Å². The van der Waals surface area contributed by atoms with E-state index in [1.165, 1.54) is 0 Å². The molecule has 6 heteroatoms. The van der Waals surface area contributed by atoms with Crippen LogP contribution in [0.15, 0.2) is 18.3 Å². The zero-order valence-corrected chi connectivity index (χ0v) is 13.8. The van der Waals surface area contributed by atoms with Crippen LogP contribution in [0.5, 0.6) is 5.88 Å². The van der Waals surface area contributed by atoms with Gasteiger partial charge in [-0.25, -0.2) is 9.78 Å². The number of ether oxygens (including phenoxy) is 3. The number of aryl methyl sites for hydroxylation is 1. The van der Waals surface area contributed by atoms with Gasteiger partial charge in [-0.05, 0) is 37.8 Å². The Morgan fingerprint density at radius 2 is 2.09 bits per heavy atom. The molecule has 1 saturated heterocycles. The van der Waals surface area contributed by atoms with E-state index in [2.05, 4.69) is 9.88 Å². The maximum Gasteiger partial charge on any atom is 0.515 e. The molecule has 0 atom stereocenters.